The summed E-state index contributed by atoms with van der Waals surface area (Å²) in [6.45, 7) is 6.11. The molecular formula is C24H25Cl3N4O4. The first-order valence-electron chi connectivity index (χ1n) is 10.7. The highest BCUT2D eigenvalue weighted by molar-refractivity contribution is 6.42. The first-order valence-corrected chi connectivity index (χ1v) is 11.4. The predicted octanol–water partition coefficient (Wildman–Crippen LogP) is 5.22. The summed E-state index contributed by atoms with van der Waals surface area (Å²) in [5.74, 6) is 0.405. The second-order valence-corrected chi connectivity index (χ2v) is 8.66. The van der Waals surface area contributed by atoms with E-state index in [-0.39, 0.29) is 30.1 Å². The normalized spacial score (nSPS) is 10.9. The minimum Gasteiger partial charge on any atom is -0.490 e. The van der Waals surface area contributed by atoms with Crippen LogP contribution in [0.3, 0.4) is 0 Å². The van der Waals surface area contributed by atoms with Crippen LogP contribution in [0.5, 0.6) is 11.5 Å². The molecule has 2 aromatic heterocycles. The van der Waals surface area contributed by atoms with Crippen molar-refractivity contribution in [2.75, 3.05) is 6.61 Å². The molecule has 0 fully saturated rings. The van der Waals surface area contributed by atoms with Crippen molar-refractivity contribution in [1.29, 1.82) is 0 Å². The van der Waals surface area contributed by atoms with Gasteiger partial charge < -0.3 is 19.7 Å². The van der Waals surface area contributed by atoms with E-state index in [9.17, 15) is 9.59 Å². The summed E-state index contributed by atoms with van der Waals surface area (Å²) < 4.78 is 11.9. The number of hydrogen-bond acceptors (Lipinski definition) is 4. The van der Waals surface area contributed by atoms with Crippen LogP contribution in [0.4, 0.5) is 0 Å². The van der Waals surface area contributed by atoms with E-state index in [1.165, 1.54) is 0 Å². The Morgan fingerprint density at radius 3 is 1.94 bits per heavy atom. The fourth-order valence-corrected chi connectivity index (χ4v) is 4.29. The highest BCUT2D eigenvalue weighted by Crippen LogP contribution is 2.37. The van der Waals surface area contributed by atoms with Crippen LogP contribution in [0, 0.1) is 13.8 Å². The number of rotatable bonds is 8. The van der Waals surface area contributed by atoms with Gasteiger partial charge in [0.1, 0.15) is 6.61 Å². The molecule has 0 saturated carbocycles. The molecule has 0 aliphatic carbocycles. The van der Waals surface area contributed by atoms with E-state index in [0.29, 0.717) is 56.2 Å². The summed E-state index contributed by atoms with van der Waals surface area (Å²) in [6.07, 6.45) is 0. The Hall–Kier alpha value is -3.07. The minimum atomic E-state index is -0.617. The van der Waals surface area contributed by atoms with E-state index in [1.807, 2.05) is 19.1 Å². The van der Waals surface area contributed by atoms with Gasteiger partial charge in [0, 0.05) is 17.3 Å². The van der Waals surface area contributed by atoms with Crippen molar-refractivity contribution in [2.45, 2.75) is 33.3 Å². The van der Waals surface area contributed by atoms with Gasteiger partial charge in [0.15, 0.2) is 11.5 Å². The number of H-pyrrole nitrogens is 4. The zero-order valence-corrected chi connectivity index (χ0v) is 21.6. The van der Waals surface area contributed by atoms with Crippen LogP contribution in [0.15, 0.2) is 46.0 Å². The van der Waals surface area contributed by atoms with E-state index < -0.39 is 5.92 Å². The van der Waals surface area contributed by atoms with Gasteiger partial charge >= 0.3 is 0 Å². The minimum absolute atomic E-state index is 0. The highest BCUT2D eigenvalue weighted by atomic mass is 35.5. The second kappa shape index (κ2) is 11.1. The summed E-state index contributed by atoms with van der Waals surface area (Å²) >= 11 is 12.1. The van der Waals surface area contributed by atoms with Crippen LogP contribution < -0.4 is 20.6 Å². The smallest absolute Gasteiger partial charge is 0.268 e. The summed E-state index contributed by atoms with van der Waals surface area (Å²) in [5, 5.41) is 11.8. The van der Waals surface area contributed by atoms with Gasteiger partial charge in [0.2, 0.25) is 0 Å². The van der Waals surface area contributed by atoms with Crippen LogP contribution in [0.1, 0.15) is 46.5 Å². The number of benzene rings is 2. The lowest BCUT2D eigenvalue weighted by molar-refractivity contribution is 0.269. The van der Waals surface area contributed by atoms with Crippen molar-refractivity contribution in [3.05, 3.63) is 101 Å². The molecule has 0 saturated heterocycles. The molecule has 0 unspecified atom stereocenters. The van der Waals surface area contributed by atoms with Crippen molar-refractivity contribution in [3.8, 4) is 11.5 Å². The molecule has 4 aromatic rings. The number of aromatic nitrogens is 4. The van der Waals surface area contributed by atoms with Crippen molar-refractivity contribution in [3.63, 3.8) is 0 Å². The van der Waals surface area contributed by atoms with Crippen molar-refractivity contribution < 1.29 is 9.47 Å². The number of halogens is 3. The van der Waals surface area contributed by atoms with Gasteiger partial charge in [-0.2, -0.15) is 0 Å². The Morgan fingerprint density at radius 2 is 1.43 bits per heavy atom. The fraction of sp³-hybridized carbons (Fsp3) is 0.250. The Bertz CT molecular complexity index is 1380. The molecule has 0 bridgehead atoms. The molecule has 4 rings (SSSR count). The van der Waals surface area contributed by atoms with Gasteiger partial charge in [-0.15, -0.1) is 12.4 Å². The van der Waals surface area contributed by atoms with Gasteiger partial charge in [-0.25, -0.2) is 0 Å². The number of aryl methyl sites for hydroxylation is 2. The predicted molar refractivity (Wildman–Crippen MR) is 139 cm³/mol. The third-order valence-corrected chi connectivity index (χ3v) is 6.32. The molecule has 0 aliphatic rings. The molecule has 0 amide bonds. The van der Waals surface area contributed by atoms with Gasteiger partial charge in [-0.05, 0) is 56.2 Å². The van der Waals surface area contributed by atoms with Crippen LogP contribution in [0.25, 0.3) is 0 Å². The first kappa shape index (κ1) is 26.5. The average molecular weight is 540 g/mol. The summed E-state index contributed by atoms with van der Waals surface area (Å²) in [7, 11) is 0. The largest absolute Gasteiger partial charge is 0.490 e. The lowest BCUT2D eigenvalue weighted by atomic mass is 9.85. The zero-order chi connectivity index (χ0) is 24.4. The molecule has 11 heteroatoms. The van der Waals surface area contributed by atoms with Gasteiger partial charge in [0.25, 0.3) is 11.1 Å². The maximum Gasteiger partial charge on any atom is 0.268 e. The van der Waals surface area contributed by atoms with Gasteiger partial charge in [0.05, 0.1) is 27.8 Å². The quantitative estimate of drug-likeness (QED) is 0.246. The van der Waals surface area contributed by atoms with E-state index in [2.05, 4.69) is 20.4 Å². The topological polar surface area (TPSA) is 116 Å². The highest BCUT2D eigenvalue weighted by Gasteiger charge is 2.29. The number of nitrogens with one attached hydrogen (secondary N) is 4. The van der Waals surface area contributed by atoms with Crippen LogP contribution in [-0.2, 0) is 6.61 Å². The Kier molecular flexibility index (Phi) is 8.43. The summed E-state index contributed by atoms with van der Waals surface area (Å²) in [5.41, 5.74) is 3.19. The second-order valence-electron chi connectivity index (χ2n) is 7.84. The Balaban J connectivity index is 0.00000342. The molecule has 35 heavy (non-hydrogen) atoms. The molecule has 2 heterocycles. The maximum atomic E-state index is 12.7. The third kappa shape index (κ3) is 5.45. The molecule has 0 atom stereocenters. The van der Waals surface area contributed by atoms with E-state index in [1.54, 1.807) is 38.1 Å². The molecule has 0 aliphatic heterocycles. The van der Waals surface area contributed by atoms with Crippen LogP contribution in [0.2, 0.25) is 10.0 Å². The number of ether oxygens (including phenoxy) is 2. The monoisotopic (exact) mass is 538 g/mol. The van der Waals surface area contributed by atoms with Gasteiger partial charge in [-0.3, -0.25) is 19.8 Å². The van der Waals surface area contributed by atoms with E-state index >= 15 is 0 Å². The maximum absolute atomic E-state index is 12.7. The molecule has 2 aromatic carbocycles. The average Bonchev–Trinajstić information content (AvgIpc) is 3.32. The van der Waals surface area contributed by atoms with Gasteiger partial charge in [-0.1, -0.05) is 35.3 Å². The molecule has 0 radical (unpaired) electrons. The van der Waals surface area contributed by atoms with E-state index in [4.69, 9.17) is 32.7 Å². The molecule has 4 N–H and O–H groups in total. The van der Waals surface area contributed by atoms with Crippen LogP contribution >= 0.6 is 35.6 Å². The SMILES string of the molecule is CCOc1cc(C(c2c(C)[nH][nH]c2=O)c2c(C)[nH][nH]c2=O)ccc1OCc1ccc(Cl)c(Cl)c1.Cl. The third-order valence-electron chi connectivity index (χ3n) is 5.58. The summed E-state index contributed by atoms with van der Waals surface area (Å²) in [4.78, 5) is 25.4. The van der Waals surface area contributed by atoms with Crippen molar-refractivity contribution in [2.24, 2.45) is 0 Å². The summed E-state index contributed by atoms with van der Waals surface area (Å²) in [6, 6.07) is 10.7. The standard InChI is InChI=1S/C24H24Cl2N4O4.ClH/c1-4-33-19-10-15(6-8-18(19)34-11-14-5-7-16(25)17(26)9-14)22(20-12(2)27-29-23(20)31)21-13(3)28-30-24(21)32;/h5-10,22H,4,11H2,1-3H3,(H2,27,29,31)(H2,28,30,32);1H. The Morgan fingerprint density at radius 1 is 0.800 bits per heavy atom. The lowest BCUT2D eigenvalue weighted by Gasteiger charge is -2.19. The molecular weight excluding hydrogens is 515 g/mol. The van der Waals surface area contributed by atoms with Crippen molar-refractivity contribution >= 4 is 35.6 Å². The van der Waals surface area contributed by atoms with Crippen LogP contribution in [-0.4, -0.2) is 27.0 Å². The van der Waals surface area contributed by atoms with E-state index in [0.717, 1.165) is 5.56 Å². The lowest BCUT2D eigenvalue weighted by Crippen LogP contribution is -2.20. The Labute approximate surface area is 217 Å². The molecule has 186 valence electrons. The number of hydrogen-bond donors (Lipinski definition) is 4. The molecule has 8 nitrogen and oxygen atoms in total. The number of aromatic amines is 4. The fourth-order valence-electron chi connectivity index (χ4n) is 3.97. The first-order chi connectivity index (χ1) is 16.3. The zero-order valence-electron chi connectivity index (χ0n) is 19.3. The van der Waals surface area contributed by atoms with Crippen molar-refractivity contribution in [1.82, 2.24) is 20.4 Å². The molecule has 0 spiro atoms.